The molecule has 0 aromatic carbocycles. The highest BCUT2D eigenvalue weighted by molar-refractivity contribution is 5.90. The van der Waals surface area contributed by atoms with Crippen molar-refractivity contribution >= 4 is 11.7 Å². The second kappa shape index (κ2) is 2.99. The van der Waals surface area contributed by atoms with Gasteiger partial charge in [0.05, 0.1) is 5.84 Å². The lowest BCUT2D eigenvalue weighted by Crippen LogP contribution is -2.29. The molecule has 1 unspecified atom stereocenters. The molecule has 1 saturated carbocycles. The largest absolute Gasteiger partial charge is 0.387 e. The molecule has 2 rings (SSSR count). The molecule has 13 heavy (non-hydrogen) atoms. The van der Waals surface area contributed by atoms with Gasteiger partial charge in [0.1, 0.15) is 6.04 Å². The summed E-state index contributed by atoms with van der Waals surface area (Å²) in [5, 5.41) is 1.73. The summed E-state index contributed by atoms with van der Waals surface area (Å²) in [6.07, 6.45) is 2.25. The number of likely N-dealkylation sites (N-methyl/N-ethyl adjacent to an activating group) is 1. The highest BCUT2D eigenvalue weighted by Crippen LogP contribution is 2.29. The van der Waals surface area contributed by atoms with Gasteiger partial charge in [0.2, 0.25) is 0 Å². The molecule has 0 radical (unpaired) electrons. The molecule has 0 aromatic heterocycles. The van der Waals surface area contributed by atoms with Crippen molar-refractivity contribution in [2.75, 3.05) is 13.6 Å². The van der Waals surface area contributed by atoms with E-state index in [0.29, 0.717) is 18.3 Å². The summed E-state index contributed by atoms with van der Waals surface area (Å²) in [6.45, 7) is 0.617. The van der Waals surface area contributed by atoms with Gasteiger partial charge in [-0.2, -0.15) is 0 Å². The normalized spacial score (nSPS) is 30.7. The third-order valence-electron chi connectivity index (χ3n) is 2.35. The Kier molecular flexibility index (Phi) is 1.95. The van der Waals surface area contributed by atoms with Crippen LogP contribution in [-0.2, 0) is 4.79 Å². The van der Waals surface area contributed by atoms with Crippen LogP contribution in [0.1, 0.15) is 12.8 Å². The minimum atomic E-state index is -0.300. The molecular formula is C8H14N4O. The van der Waals surface area contributed by atoms with Crippen LogP contribution in [0.25, 0.3) is 0 Å². The topological polar surface area (TPSA) is 70.7 Å². The highest BCUT2D eigenvalue weighted by atomic mass is 16.2. The van der Waals surface area contributed by atoms with Gasteiger partial charge in [-0.1, -0.05) is 0 Å². The summed E-state index contributed by atoms with van der Waals surface area (Å²) >= 11 is 0. The Bertz CT molecular complexity index is 259. The van der Waals surface area contributed by atoms with Crippen LogP contribution in [0.2, 0.25) is 0 Å². The third kappa shape index (κ3) is 1.80. The molecule has 1 atom stereocenters. The summed E-state index contributed by atoms with van der Waals surface area (Å²) in [5.41, 5.74) is 8.38. The lowest BCUT2D eigenvalue weighted by Gasteiger charge is -2.04. The lowest BCUT2D eigenvalue weighted by atomic mass is 10.3. The van der Waals surface area contributed by atoms with Crippen LogP contribution in [0.3, 0.4) is 0 Å². The molecule has 2 fully saturated rings. The van der Waals surface area contributed by atoms with Crippen LogP contribution in [0.5, 0.6) is 0 Å². The Hall–Kier alpha value is -1.10. The molecule has 3 N–H and O–H groups in total. The van der Waals surface area contributed by atoms with Gasteiger partial charge in [-0.3, -0.25) is 15.2 Å². The van der Waals surface area contributed by atoms with Crippen molar-refractivity contribution in [2.45, 2.75) is 18.9 Å². The van der Waals surface area contributed by atoms with Crippen LogP contribution < -0.4 is 11.2 Å². The predicted octanol–water partition coefficient (Wildman–Crippen LogP) is -0.901. The predicted molar refractivity (Wildman–Crippen MR) is 48.9 cm³/mol. The van der Waals surface area contributed by atoms with Crippen molar-refractivity contribution < 1.29 is 4.79 Å². The lowest BCUT2D eigenvalue weighted by molar-refractivity contribution is -0.121. The van der Waals surface area contributed by atoms with Crippen LogP contribution in [0.4, 0.5) is 0 Å². The number of carbonyl (C=O) groups excluding carboxylic acids is 1. The molecule has 5 nitrogen and oxygen atoms in total. The fraction of sp³-hybridized carbons (Fsp3) is 0.750. The Morgan fingerprint density at radius 3 is 2.85 bits per heavy atom. The van der Waals surface area contributed by atoms with E-state index in [2.05, 4.69) is 10.4 Å². The van der Waals surface area contributed by atoms with Gasteiger partial charge < -0.3 is 5.73 Å². The first-order chi connectivity index (χ1) is 6.16. The van der Waals surface area contributed by atoms with E-state index in [-0.39, 0.29) is 11.9 Å². The molecule has 1 aliphatic carbocycles. The first kappa shape index (κ1) is 8.50. The van der Waals surface area contributed by atoms with Crippen molar-refractivity contribution in [3.05, 3.63) is 0 Å². The first-order valence-corrected chi connectivity index (χ1v) is 4.51. The van der Waals surface area contributed by atoms with E-state index in [1.54, 1.807) is 5.01 Å². The van der Waals surface area contributed by atoms with Gasteiger partial charge in [-0.05, 0) is 12.8 Å². The van der Waals surface area contributed by atoms with E-state index in [0.717, 1.165) is 12.8 Å². The summed E-state index contributed by atoms with van der Waals surface area (Å²) in [5.74, 6) is 1.04. The molecule has 5 heteroatoms. The molecular weight excluding hydrogens is 168 g/mol. The number of carbonyl (C=O) groups is 1. The first-order valence-electron chi connectivity index (χ1n) is 4.51. The number of hydrogen-bond donors (Lipinski definition) is 2. The van der Waals surface area contributed by atoms with E-state index in [4.69, 9.17) is 5.73 Å². The van der Waals surface area contributed by atoms with Crippen LogP contribution in [0.15, 0.2) is 4.99 Å². The number of hydrazine groups is 1. The van der Waals surface area contributed by atoms with Crippen molar-refractivity contribution in [1.29, 1.82) is 0 Å². The van der Waals surface area contributed by atoms with Gasteiger partial charge in [-0.15, -0.1) is 0 Å². The van der Waals surface area contributed by atoms with E-state index >= 15 is 0 Å². The zero-order valence-electron chi connectivity index (χ0n) is 7.66. The van der Waals surface area contributed by atoms with Crippen molar-refractivity contribution in [1.82, 2.24) is 10.4 Å². The third-order valence-corrected chi connectivity index (χ3v) is 2.35. The minimum absolute atomic E-state index is 0.0499. The summed E-state index contributed by atoms with van der Waals surface area (Å²) in [6, 6.07) is -0.300. The average Bonchev–Trinajstić information content (AvgIpc) is 2.81. The van der Waals surface area contributed by atoms with E-state index in [1.807, 2.05) is 7.05 Å². The number of rotatable bonds is 2. The number of hydrogen-bond acceptors (Lipinski definition) is 3. The number of nitrogens with zero attached hydrogens (tertiary/aromatic N) is 2. The Labute approximate surface area is 77.0 Å². The van der Waals surface area contributed by atoms with Crippen LogP contribution in [-0.4, -0.2) is 36.4 Å². The molecule has 1 heterocycles. The van der Waals surface area contributed by atoms with Crippen molar-refractivity contribution in [3.63, 3.8) is 0 Å². The summed E-state index contributed by atoms with van der Waals surface area (Å²) in [4.78, 5) is 15.5. The van der Waals surface area contributed by atoms with Gasteiger partial charge >= 0.3 is 0 Å². The standard InChI is InChI=1S/C8H14N4O/c1-12-4-6(8(13)11-12)10-7(9)5-2-3-5/h5-6H,2-4H2,1H3,(H2,9,10)(H,11,13). The number of amidine groups is 1. The maximum absolute atomic E-state index is 11.2. The number of nitrogens with one attached hydrogen (secondary N) is 1. The van der Waals surface area contributed by atoms with E-state index < -0.39 is 0 Å². The van der Waals surface area contributed by atoms with E-state index in [1.165, 1.54) is 0 Å². The van der Waals surface area contributed by atoms with Crippen molar-refractivity contribution in [2.24, 2.45) is 16.6 Å². The Balaban J connectivity index is 2.00. The summed E-state index contributed by atoms with van der Waals surface area (Å²) < 4.78 is 0. The minimum Gasteiger partial charge on any atom is -0.387 e. The summed E-state index contributed by atoms with van der Waals surface area (Å²) in [7, 11) is 1.82. The van der Waals surface area contributed by atoms with Gasteiger partial charge in [0, 0.05) is 19.5 Å². The van der Waals surface area contributed by atoms with Gasteiger partial charge in [-0.25, -0.2) is 5.01 Å². The van der Waals surface area contributed by atoms with Crippen LogP contribution >= 0.6 is 0 Å². The molecule has 0 bridgehead atoms. The van der Waals surface area contributed by atoms with E-state index in [9.17, 15) is 4.79 Å². The van der Waals surface area contributed by atoms with Gasteiger partial charge in [0.15, 0.2) is 0 Å². The maximum Gasteiger partial charge on any atom is 0.260 e. The molecule has 1 saturated heterocycles. The molecule has 0 spiro atoms. The quantitative estimate of drug-likeness (QED) is 0.429. The zero-order valence-corrected chi connectivity index (χ0v) is 7.66. The average molecular weight is 182 g/mol. The molecule has 72 valence electrons. The number of aliphatic imine (C=N–C) groups is 1. The monoisotopic (exact) mass is 182 g/mol. The Morgan fingerprint density at radius 2 is 2.38 bits per heavy atom. The molecule has 1 aliphatic heterocycles. The molecule has 2 aliphatic rings. The van der Waals surface area contributed by atoms with Crippen molar-refractivity contribution in [3.8, 4) is 0 Å². The van der Waals surface area contributed by atoms with Gasteiger partial charge in [0.25, 0.3) is 5.91 Å². The number of nitrogens with two attached hydrogens (primary N) is 1. The van der Waals surface area contributed by atoms with Crippen LogP contribution in [0, 0.1) is 5.92 Å². The Morgan fingerprint density at radius 1 is 1.69 bits per heavy atom. The maximum atomic E-state index is 11.2. The fourth-order valence-electron chi connectivity index (χ4n) is 1.41. The second-order valence-electron chi connectivity index (χ2n) is 3.70. The second-order valence-corrected chi connectivity index (χ2v) is 3.70. The smallest absolute Gasteiger partial charge is 0.260 e. The molecule has 0 aromatic rings. The zero-order chi connectivity index (χ0) is 9.42. The SMILES string of the molecule is CN1CC(N=C(N)C2CC2)C(=O)N1. The molecule has 1 amide bonds. The fourth-order valence-corrected chi connectivity index (χ4v) is 1.41. The number of amides is 1. The highest BCUT2D eigenvalue weighted by Gasteiger charge is 2.31.